The number of nitrogens with zero attached hydrogens (tertiary/aromatic N) is 2. The normalized spacial score (nSPS) is 18.2. The molecule has 0 atom stereocenters. The molecule has 0 spiro atoms. The Morgan fingerprint density at radius 2 is 1.71 bits per heavy atom. The molecule has 3 nitrogen and oxygen atoms in total. The van der Waals surface area contributed by atoms with Crippen LogP contribution in [-0.2, 0) is 0 Å². The molecule has 0 unspecified atom stereocenters. The molecular weight excluding hydrogens is 232 g/mol. The van der Waals surface area contributed by atoms with E-state index in [1.54, 1.807) is 18.9 Å². The quantitative estimate of drug-likeness (QED) is 0.606. The van der Waals surface area contributed by atoms with Crippen LogP contribution in [0.4, 0.5) is 0 Å². The number of hydrogen-bond donors (Lipinski definition) is 0. The highest BCUT2D eigenvalue weighted by atomic mass is 32.2. The van der Waals surface area contributed by atoms with Gasteiger partial charge < -0.3 is 4.90 Å². The van der Waals surface area contributed by atoms with Gasteiger partial charge in [-0.05, 0) is 38.1 Å². The van der Waals surface area contributed by atoms with E-state index in [-0.39, 0.29) is 5.78 Å². The van der Waals surface area contributed by atoms with Crippen molar-refractivity contribution < 1.29 is 4.79 Å². The molecule has 1 fully saturated rings. The molecule has 0 bridgehead atoms. The van der Waals surface area contributed by atoms with Gasteiger partial charge in [0.1, 0.15) is 0 Å². The Labute approximate surface area is 107 Å². The monoisotopic (exact) mass is 250 g/mol. The maximum absolute atomic E-state index is 11.2. The molecule has 1 aliphatic rings. The van der Waals surface area contributed by atoms with Gasteiger partial charge >= 0.3 is 0 Å². The van der Waals surface area contributed by atoms with Crippen molar-refractivity contribution in [3.05, 3.63) is 29.8 Å². The zero-order chi connectivity index (χ0) is 12.3. The van der Waals surface area contributed by atoms with Gasteiger partial charge in [0.15, 0.2) is 5.78 Å². The summed E-state index contributed by atoms with van der Waals surface area (Å²) in [5.74, 6) is 0.126. The zero-order valence-corrected chi connectivity index (χ0v) is 11.2. The molecule has 92 valence electrons. The van der Waals surface area contributed by atoms with Crippen molar-refractivity contribution >= 4 is 17.7 Å². The van der Waals surface area contributed by atoms with Gasteiger partial charge in [-0.15, -0.1) is 0 Å². The van der Waals surface area contributed by atoms with Gasteiger partial charge in [0.25, 0.3) is 0 Å². The fourth-order valence-electron chi connectivity index (χ4n) is 1.78. The number of carbonyl (C=O) groups is 1. The molecule has 0 aromatic heterocycles. The van der Waals surface area contributed by atoms with E-state index >= 15 is 0 Å². The van der Waals surface area contributed by atoms with Gasteiger partial charge in [0, 0.05) is 36.6 Å². The van der Waals surface area contributed by atoms with E-state index in [0.29, 0.717) is 0 Å². The molecule has 2 rings (SSSR count). The summed E-state index contributed by atoms with van der Waals surface area (Å²) in [6.07, 6.45) is 0. The van der Waals surface area contributed by atoms with E-state index in [2.05, 4.69) is 16.3 Å². The Bertz CT molecular complexity index is 383. The first-order chi connectivity index (χ1) is 8.15. The number of likely N-dealkylation sites (N-methyl/N-ethyl adjacent to an activating group) is 1. The van der Waals surface area contributed by atoms with Crippen LogP contribution in [0.2, 0.25) is 0 Å². The zero-order valence-electron chi connectivity index (χ0n) is 10.3. The second-order valence-corrected chi connectivity index (χ2v) is 5.57. The lowest BCUT2D eigenvalue weighted by atomic mass is 10.2. The van der Waals surface area contributed by atoms with Crippen LogP contribution in [0.25, 0.3) is 0 Å². The highest BCUT2D eigenvalue weighted by Crippen LogP contribution is 2.23. The smallest absolute Gasteiger partial charge is 0.159 e. The second kappa shape index (κ2) is 5.67. The number of piperazine rings is 1. The van der Waals surface area contributed by atoms with Crippen LogP contribution in [0.15, 0.2) is 29.2 Å². The molecular formula is C13H18N2OS. The SMILES string of the molecule is CC(=O)c1ccc(SN2CCN(C)CC2)cc1. The summed E-state index contributed by atoms with van der Waals surface area (Å²) in [6, 6.07) is 7.86. The van der Waals surface area contributed by atoms with Gasteiger partial charge in [-0.25, -0.2) is 4.31 Å². The molecule has 1 saturated heterocycles. The largest absolute Gasteiger partial charge is 0.304 e. The molecule has 1 heterocycles. The van der Waals surface area contributed by atoms with Crippen LogP contribution in [0.5, 0.6) is 0 Å². The lowest BCUT2D eigenvalue weighted by Crippen LogP contribution is -2.40. The fraction of sp³-hybridized carbons (Fsp3) is 0.462. The summed E-state index contributed by atoms with van der Waals surface area (Å²) in [4.78, 5) is 14.7. The number of benzene rings is 1. The van der Waals surface area contributed by atoms with Gasteiger partial charge in [-0.2, -0.15) is 0 Å². The van der Waals surface area contributed by atoms with Crippen molar-refractivity contribution in [1.82, 2.24) is 9.21 Å². The number of rotatable bonds is 3. The highest BCUT2D eigenvalue weighted by molar-refractivity contribution is 7.97. The molecule has 1 aromatic rings. The Morgan fingerprint density at radius 1 is 1.12 bits per heavy atom. The first kappa shape index (κ1) is 12.6. The third kappa shape index (κ3) is 3.56. The van der Waals surface area contributed by atoms with E-state index in [9.17, 15) is 4.79 Å². The van der Waals surface area contributed by atoms with Gasteiger partial charge in [-0.1, -0.05) is 12.1 Å². The van der Waals surface area contributed by atoms with Gasteiger partial charge in [0.05, 0.1) is 0 Å². The second-order valence-electron chi connectivity index (χ2n) is 4.40. The summed E-state index contributed by atoms with van der Waals surface area (Å²) in [6.45, 7) is 6.03. The minimum Gasteiger partial charge on any atom is -0.304 e. The Hall–Kier alpha value is -0.840. The molecule has 0 amide bonds. The van der Waals surface area contributed by atoms with Crippen molar-refractivity contribution in [3.8, 4) is 0 Å². The fourth-order valence-corrected chi connectivity index (χ4v) is 2.68. The summed E-state index contributed by atoms with van der Waals surface area (Å²) >= 11 is 1.78. The Morgan fingerprint density at radius 3 is 2.24 bits per heavy atom. The molecule has 0 aliphatic carbocycles. The molecule has 17 heavy (non-hydrogen) atoms. The van der Waals surface area contributed by atoms with Crippen molar-refractivity contribution in [3.63, 3.8) is 0 Å². The predicted molar refractivity (Wildman–Crippen MR) is 71.4 cm³/mol. The molecule has 1 aromatic carbocycles. The number of carbonyl (C=O) groups excluding carboxylic acids is 1. The third-order valence-electron chi connectivity index (χ3n) is 2.96. The topological polar surface area (TPSA) is 23.6 Å². The summed E-state index contributed by atoms with van der Waals surface area (Å²) in [5, 5.41) is 0. The average molecular weight is 250 g/mol. The summed E-state index contributed by atoms with van der Waals surface area (Å²) in [5.41, 5.74) is 0.785. The number of Topliss-reactive ketones (excluding diaryl/α,β-unsaturated/α-hetero) is 1. The van der Waals surface area contributed by atoms with E-state index in [4.69, 9.17) is 0 Å². The maximum atomic E-state index is 11.2. The van der Waals surface area contributed by atoms with Crippen LogP contribution in [0, 0.1) is 0 Å². The number of ketones is 1. The van der Waals surface area contributed by atoms with Crippen molar-refractivity contribution in [1.29, 1.82) is 0 Å². The van der Waals surface area contributed by atoms with Crippen LogP contribution >= 0.6 is 11.9 Å². The molecule has 0 saturated carbocycles. The van der Waals surface area contributed by atoms with Gasteiger partial charge in [0.2, 0.25) is 0 Å². The lowest BCUT2D eigenvalue weighted by molar-refractivity contribution is 0.101. The molecule has 0 radical (unpaired) electrons. The molecule has 1 aliphatic heterocycles. The minimum atomic E-state index is 0.126. The highest BCUT2D eigenvalue weighted by Gasteiger charge is 2.14. The van der Waals surface area contributed by atoms with E-state index in [1.807, 2.05) is 24.3 Å². The van der Waals surface area contributed by atoms with Crippen LogP contribution in [0.3, 0.4) is 0 Å². The van der Waals surface area contributed by atoms with E-state index in [0.717, 1.165) is 31.7 Å². The van der Waals surface area contributed by atoms with Crippen LogP contribution in [0.1, 0.15) is 17.3 Å². The van der Waals surface area contributed by atoms with Gasteiger partial charge in [-0.3, -0.25) is 4.79 Å². The van der Waals surface area contributed by atoms with Crippen molar-refractivity contribution in [2.24, 2.45) is 0 Å². The Balaban J connectivity index is 1.92. The summed E-state index contributed by atoms with van der Waals surface area (Å²) < 4.78 is 2.38. The summed E-state index contributed by atoms with van der Waals surface area (Å²) in [7, 11) is 2.16. The standard InChI is InChI=1S/C13H18N2OS/c1-11(16)12-3-5-13(6-4-12)17-15-9-7-14(2)8-10-15/h3-6H,7-10H2,1-2H3. The average Bonchev–Trinajstić information content (AvgIpc) is 2.33. The predicted octanol–water partition coefficient (Wildman–Crippen LogP) is 2.14. The first-order valence-corrected chi connectivity index (χ1v) is 6.65. The Kier molecular flexibility index (Phi) is 4.20. The number of hydrogen-bond acceptors (Lipinski definition) is 4. The molecule has 0 N–H and O–H groups in total. The van der Waals surface area contributed by atoms with Crippen LogP contribution < -0.4 is 0 Å². The van der Waals surface area contributed by atoms with Crippen molar-refractivity contribution in [2.45, 2.75) is 11.8 Å². The first-order valence-electron chi connectivity index (χ1n) is 5.87. The van der Waals surface area contributed by atoms with Crippen LogP contribution in [-0.4, -0.2) is 48.2 Å². The third-order valence-corrected chi connectivity index (χ3v) is 4.06. The van der Waals surface area contributed by atoms with E-state index < -0.39 is 0 Å². The van der Waals surface area contributed by atoms with Crippen molar-refractivity contribution in [2.75, 3.05) is 33.2 Å². The van der Waals surface area contributed by atoms with E-state index in [1.165, 1.54) is 4.90 Å². The molecule has 4 heteroatoms. The minimum absolute atomic E-state index is 0.126. The maximum Gasteiger partial charge on any atom is 0.159 e. The lowest BCUT2D eigenvalue weighted by Gasteiger charge is -2.31.